The number of rotatable bonds is 5. The first kappa shape index (κ1) is 15.2. The van der Waals surface area contributed by atoms with Crippen molar-refractivity contribution < 1.29 is 14.6 Å². The lowest BCUT2D eigenvalue weighted by atomic mass is 10.1. The Morgan fingerprint density at radius 3 is 2.65 bits per heavy atom. The van der Waals surface area contributed by atoms with Gasteiger partial charge in [-0.15, -0.1) is 0 Å². The highest BCUT2D eigenvalue weighted by atomic mass is 16.5. The minimum atomic E-state index is -0.907. The van der Waals surface area contributed by atoms with Gasteiger partial charge in [0.15, 0.2) is 0 Å². The number of hydrogen-bond donors (Lipinski definition) is 1. The van der Waals surface area contributed by atoms with E-state index in [-0.39, 0.29) is 0 Å². The van der Waals surface area contributed by atoms with Crippen LogP contribution in [0.3, 0.4) is 0 Å². The van der Waals surface area contributed by atoms with Crippen molar-refractivity contribution in [2.75, 3.05) is 0 Å². The molecule has 0 aliphatic heterocycles. The lowest BCUT2D eigenvalue weighted by Gasteiger charge is -2.10. The lowest BCUT2D eigenvalue weighted by Crippen LogP contribution is -2.04. The van der Waals surface area contributed by atoms with E-state index in [0.717, 1.165) is 34.5 Å². The molecule has 23 heavy (non-hydrogen) atoms. The number of benzene rings is 2. The predicted octanol–water partition coefficient (Wildman–Crippen LogP) is 4.25. The van der Waals surface area contributed by atoms with Gasteiger partial charge in [0.25, 0.3) is 0 Å². The molecule has 0 atom stereocenters. The fourth-order valence-corrected chi connectivity index (χ4v) is 2.88. The molecule has 4 nitrogen and oxygen atoms in total. The minimum absolute atomic E-state index is 0.325. The van der Waals surface area contributed by atoms with Crippen LogP contribution in [0.1, 0.15) is 28.5 Å². The van der Waals surface area contributed by atoms with E-state index >= 15 is 0 Å². The Labute approximate surface area is 134 Å². The maximum Gasteiger partial charge on any atom is 0.336 e. The number of ether oxygens (including phenoxy) is 1. The molecule has 1 aromatic heterocycles. The van der Waals surface area contributed by atoms with Crippen LogP contribution in [0.2, 0.25) is 0 Å². The van der Waals surface area contributed by atoms with Gasteiger partial charge in [0, 0.05) is 17.4 Å². The molecule has 0 bridgehead atoms. The van der Waals surface area contributed by atoms with Crippen LogP contribution < -0.4 is 4.74 Å². The summed E-state index contributed by atoms with van der Waals surface area (Å²) in [5.74, 6) is -0.0913. The Morgan fingerprint density at radius 1 is 1.17 bits per heavy atom. The first-order valence-corrected chi connectivity index (χ1v) is 7.64. The zero-order chi connectivity index (χ0) is 16.4. The van der Waals surface area contributed by atoms with Gasteiger partial charge in [0.2, 0.25) is 0 Å². The highest BCUT2D eigenvalue weighted by Crippen LogP contribution is 2.25. The molecule has 118 valence electrons. The summed E-state index contributed by atoms with van der Waals surface area (Å²) < 4.78 is 7.97. The smallest absolute Gasteiger partial charge is 0.336 e. The van der Waals surface area contributed by atoms with Crippen LogP contribution in [0.25, 0.3) is 10.9 Å². The van der Waals surface area contributed by atoms with Gasteiger partial charge >= 0.3 is 5.97 Å². The summed E-state index contributed by atoms with van der Waals surface area (Å²) in [7, 11) is 0. The number of aryl methyl sites for hydroxylation is 2. The van der Waals surface area contributed by atoms with Crippen molar-refractivity contribution in [1.29, 1.82) is 0 Å². The van der Waals surface area contributed by atoms with E-state index in [2.05, 4.69) is 4.57 Å². The van der Waals surface area contributed by atoms with Crippen molar-refractivity contribution >= 4 is 16.9 Å². The predicted molar refractivity (Wildman–Crippen MR) is 90.1 cm³/mol. The van der Waals surface area contributed by atoms with Crippen LogP contribution in [-0.4, -0.2) is 15.6 Å². The number of carboxylic acid groups (broad SMARTS) is 1. The highest BCUT2D eigenvalue weighted by molar-refractivity contribution is 6.03. The fourth-order valence-electron chi connectivity index (χ4n) is 2.88. The zero-order valence-electron chi connectivity index (χ0n) is 13.2. The number of fused-ring (bicyclic) bond motifs is 1. The Kier molecular flexibility index (Phi) is 4.06. The van der Waals surface area contributed by atoms with E-state index in [4.69, 9.17) is 4.74 Å². The monoisotopic (exact) mass is 309 g/mol. The molecule has 1 N–H and O–H groups in total. The Bertz CT molecular complexity index is 864. The van der Waals surface area contributed by atoms with Gasteiger partial charge in [-0.25, -0.2) is 4.79 Å². The normalized spacial score (nSPS) is 10.9. The van der Waals surface area contributed by atoms with Crippen LogP contribution in [0.5, 0.6) is 5.75 Å². The van der Waals surface area contributed by atoms with E-state index in [1.165, 1.54) is 0 Å². The summed E-state index contributed by atoms with van der Waals surface area (Å²) >= 11 is 0. The summed E-state index contributed by atoms with van der Waals surface area (Å²) in [6, 6.07) is 15.2. The van der Waals surface area contributed by atoms with E-state index < -0.39 is 5.97 Å². The molecule has 0 radical (unpaired) electrons. The lowest BCUT2D eigenvalue weighted by molar-refractivity contribution is 0.0699. The molecular weight excluding hydrogens is 290 g/mol. The SMILES string of the molecule is CCn1c(COc2cccc(C)c2)cc2c(C(=O)O)cccc21. The van der Waals surface area contributed by atoms with Crippen molar-refractivity contribution in [1.82, 2.24) is 4.57 Å². The van der Waals surface area contributed by atoms with Crippen molar-refractivity contribution in [3.8, 4) is 5.75 Å². The molecular formula is C19H19NO3. The summed E-state index contributed by atoms with van der Waals surface area (Å²) in [5.41, 5.74) is 3.37. The third-order valence-corrected chi connectivity index (χ3v) is 3.95. The quantitative estimate of drug-likeness (QED) is 0.766. The van der Waals surface area contributed by atoms with Gasteiger partial charge in [0.05, 0.1) is 11.3 Å². The first-order chi connectivity index (χ1) is 11.1. The molecule has 0 unspecified atom stereocenters. The molecule has 0 amide bonds. The van der Waals surface area contributed by atoms with Crippen molar-refractivity contribution in [2.45, 2.75) is 27.0 Å². The second-order valence-electron chi connectivity index (χ2n) is 5.53. The Hall–Kier alpha value is -2.75. The number of carboxylic acids is 1. The summed E-state index contributed by atoms with van der Waals surface area (Å²) in [4.78, 5) is 11.4. The average molecular weight is 309 g/mol. The van der Waals surface area contributed by atoms with Gasteiger partial charge in [-0.3, -0.25) is 0 Å². The highest BCUT2D eigenvalue weighted by Gasteiger charge is 2.14. The molecule has 0 aliphatic carbocycles. The summed E-state index contributed by atoms with van der Waals surface area (Å²) in [5, 5.41) is 10.1. The van der Waals surface area contributed by atoms with Crippen LogP contribution in [-0.2, 0) is 13.2 Å². The van der Waals surface area contributed by atoms with Crippen molar-refractivity contribution in [3.05, 3.63) is 65.4 Å². The molecule has 3 aromatic rings. The molecule has 0 spiro atoms. The zero-order valence-corrected chi connectivity index (χ0v) is 13.2. The largest absolute Gasteiger partial charge is 0.487 e. The van der Waals surface area contributed by atoms with Crippen molar-refractivity contribution in [2.24, 2.45) is 0 Å². The van der Waals surface area contributed by atoms with Gasteiger partial charge in [-0.1, -0.05) is 18.2 Å². The number of aromatic carboxylic acids is 1. The molecule has 3 rings (SSSR count). The fraction of sp³-hybridized carbons (Fsp3) is 0.211. The molecule has 0 saturated carbocycles. The first-order valence-electron chi connectivity index (χ1n) is 7.64. The van der Waals surface area contributed by atoms with Crippen LogP contribution in [0.15, 0.2) is 48.5 Å². The van der Waals surface area contributed by atoms with E-state index in [0.29, 0.717) is 12.2 Å². The third kappa shape index (κ3) is 2.93. The molecule has 0 fully saturated rings. The van der Waals surface area contributed by atoms with E-state index in [9.17, 15) is 9.90 Å². The average Bonchev–Trinajstić information content (AvgIpc) is 2.90. The van der Waals surface area contributed by atoms with Gasteiger partial charge in [-0.2, -0.15) is 0 Å². The topological polar surface area (TPSA) is 51.5 Å². The van der Waals surface area contributed by atoms with Crippen LogP contribution in [0.4, 0.5) is 0 Å². The second-order valence-corrected chi connectivity index (χ2v) is 5.53. The van der Waals surface area contributed by atoms with E-state index in [1.54, 1.807) is 12.1 Å². The number of nitrogens with zero attached hydrogens (tertiary/aromatic N) is 1. The second kappa shape index (κ2) is 6.16. The number of carbonyl (C=O) groups is 1. The molecule has 0 aliphatic rings. The summed E-state index contributed by atoms with van der Waals surface area (Å²) in [6.07, 6.45) is 0. The maximum absolute atomic E-state index is 11.4. The maximum atomic E-state index is 11.4. The van der Waals surface area contributed by atoms with Crippen LogP contribution in [0, 0.1) is 6.92 Å². The molecule has 1 heterocycles. The standard InChI is InChI=1S/C19H19NO3/c1-3-20-14(12-23-15-7-4-6-13(2)10-15)11-17-16(19(21)22)8-5-9-18(17)20/h4-11H,3,12H2,1-2H3,(H,21,22). The summed E-state index contributed by atoms with van der Waals surface area (Å²) in [6.45, 7) is 5.24. The van der Waals surface area contributed by atoms with Crippen LogP contribution >= 0.6 is 0 Å². The minimum Gasteiger partial charge on any atom is -0.487 e. The van der Waals surface area contributed by atoms with Gasteiger partial charge in [-0.05, 0) is 49.7 Å². The van der Waals surface area contributed by atoms with Crippen molar-refractivity contribution in [3.63, 3.8) is 0 Å². The van der Waals surface area contributed by atoms with E-state index in [1.807, 2.05) is 50.2 Å². The number of aromatic nitrogens is 1. The third-order valence-electron chi connectivity index (χ3n) is 3.95. The van der Waals surface area contributed by atoms with Gasteiger partial charge in [0.1, 0.15) is 12.4 Å². The Balaban J connectivity index is 1.97. The Morgan fingerprint density at radius 2 is 1.96 bits per heavy atom. The molecule has 0 saturated heterocycles. The van der Waals surface area contributed by atoms with Gasteiger partial charge < -0.3 is 14.4 Å². The number of hydrogen-bond acceptors (Lipinski definition) is 2. The molecule has 2 aromatic carbocycles. The molecule has 4 heteroatoms.